The molecule has 1 fully saturated rings. The molecule has 0 aliphatic carbocycles. The highest BCUT2D eigenvalue weighted by Crippen LogP contribution is 2.31. The first-order chi connectivity index (χ1) is 12.7. The van der Waals surface area contributed by atoms with Crippen LogP contribution < -0.4 is 10.1 Å². The van der Waals surface area contributed by atoms with Gasteiger partial charge in [0.15, 0.2) is 6.61 Å². The number of carbonyl (C=O) groups is 1. The lowest BCUT2D eigenvalue weighted by molar-refractivity contribution is -0.124. The van der Waals surface area contributed by atoms with Crippen molar-refractivity contribution in [3.05, 3.63) is 41.3 Å². The van der Waals surface area contributed by atoms with Crippen LogP contribution in [0.4, 0.5) is 0 Å². The normalized spacial score (nSPS) is 15.8. The van der Waals surface area contributed by atoms with Crippen LogP contribution in [0, 0.1) is 0 Å². The molecule has 2 aromatic rings. The van der Waals surface area contributed by atoms with E-state index in [4.69, 9.17) is 9.84 Å². The molecular weight excluding hydrogens is 348 g/mol. The van der Waals surface area contributed by atoms with E-state index in [9.17, 15) is 4.79 Å². The summed E-state index contributed by atoms with van der Waals surface area (Å²) in [6.07, 6.45) is 2.48. The maximum absolute atomic E-state index is 11.9. The molecule has 6 heteroatoms. The van der Waals surface area contributed by atoms with Crippen LogP contribution in [0.5, 0.6) is 5.75 Å². The topological polar surface area (TPSA) is 61.8 Å². The fourth-order valence-electron chi connectivity index (χ4n) is 3.13. The first kappa shape index (κ1) is 18.9. The number of nitrogens with zero attached hydrogens (tertiary/aromatic N) is 1. The Morgan fingerprint density at radius 1 is 1.35 bits per heavy atom. The van der Waals surface area contributed by atoms with E-state index in [0.29, 0.717) is 0 Å². The Morgan fingerprint density at radius 2 is 2.15 bits per heavy atom. The van der Waals surface area contributed by atoms with Gasteiger partial charge in [-0.15, -0.1) is 11.3 Å². The summed E-state index contributed by atoms with van der Waals surface area (Å²) in [6, 6.07) is 10.1. The number of hydrogen-bond donors (Lipinski definition) is 2. The lowest BCUT2D eigenvalue weighted by Gasteiger charge is -2.19. The standard InChI is InChI=1S/C20H26N2O3S/c1-15(13-23)21-20(24)14-25-18-7-6-16(19-5-4-10-26-19)11-17(18)12-22-8-2-3-9-22/h4-7,10-11,15,23H,2-3,8-9,12-14H2,1H3,(H,21,24). The van der Waals surface area contributed by atoms with Gasteiger partial charge in [0, 0.05) is 23.0 Å². The number of benzene rings is 1. The predicted octanol–water partition coefficient (Wildman–Crippen LogP) is 2.89. The molecule has 0 radical (unpaired) electrons. The summed E-state index contributed by atoms with van der Waals surface area (Å²) >= 11 is 1.72. The van der Waals surface area contributed by atoms with Gasteiger partial charge in [0.2, 0.25) is 0 Å². The molecule has 1 aromatic carbocycles. The van der Waals surface area contributed by atoms with Crippen molar-refractivity contribution in [3.8, 4) is 16.2 Å². The highest BCUT2D eigenvalue weighted by atomic mass is 32.1. The highest BCUT2D eigenvalue weighted by Gasteiger charge is 2.16. The maximum atomic E-state index is 11.9. The number of ether oxygens (including phenoxy) is 1. The zero-order chi connectivity index (χ0) is 18.4. The highest BCUT2D eigenvalue weighted by molar-refractivity contribution is 7.13. The molecule has 1 amide bonds. The molecule has 0 saturated carbocycles. The van der Waals surface area contributed by atoms with Crippen molar-refractivity contribution in [2.24, 2.45) is 0 Å². The number of amides is 1. The van der Waals surface area contributed by atoms with Gasteiger partial charge in [-0.3, -0.25) is 9.69 Å². The second-order valence-corrected chi connectivity index (χ2v) is 7.67. The smallest absolute Gasteiger partial charge is 0.258 e. The minimum atomic E-state index is -0.267. The summed E-state index contributed by atoms with van der Waals surface area (Å²) < 4.78 is 5.81. The van der Waals surface area contributed by atoms with E-state index in [2.05, 4.69) is 33.8 Å². The summed E-state index contributed by atoms with van der Waals surface area (Å²) in [5, 5.41) is 13.8. The van der Waals surface area contributed by atoms with E-state index in [-0.39, 0.29) is 25.2 Å². The second-order valence-electron chi connectivity index (χ2n) is 6.72. The van der Waals surface area contributed by atoms with Gasteiger partial charge in [0.1, 0.15) is 5.75 Å². The fraction of sp³-hybridized carbons (Fsp3) is 0.450. The van der Waals surface area contributed by atoms with Gasteiger partial charge in [0.25, 0.3) is 5.91 Å². The van der Waals surface area contributed by atoms with Crippen molar-refractivity contribution < 1.29 is 14.6 Å². The molecule has 2 heterocycles. The van der Waals surface area contributed by atoms with Gasteiger partial charge in [-0.05, 0) is 68.1 Å². The summed E-state index contributed by atoms with van der Waals surface area (Å²) in [6.45, 7) is 4.68. The van der Waals surface area contributed by atoms with Gasteiger partial charge < -0.3 is 15.2 Å². The number of carbonyl (C=O) groups excluding carboxylic acids is 1. The average Bonchev–Trinajstić information content (AvgIpc) is 3.34. The minimum absolute atomic E-state index is 0.0459. The van der Waals surface area contributed by atoms with Gasteiger partial charge in [-0.25, -0.2) is 0 Å². The summed E-state index contributed by atoms with van der Waals surface area (Å²) in [5.41, 5.74) is 2.29. The van der Waals surface area contributed by atoms with Crippen molar-refractivity contribution in [3.63, 3.8) is 0 Å². The molecule has 0 spiro atoms. The Morgan fingerprint density at radius 3 is 2.85 bits per heavy atom. The third-order valence-corrected chi connectivity index (χ3v) is 5.42. The Hall–Kier alpha value is -1.89. The van der Waals surface area contributed by atoms with Crippen molar-refractivity contribution in [2.45, 2.75) is 32.4 Å². The molecule has 5 nitrogen and oxygen atoms in total. The molecule has 1 aliphatic heterocycles. The number of aliphatic hydroxyl groups is 1. The van der Waals surface area contributed by atoms with E-state index in [1.54, 1.807) is 18.3 Å². The van der Waals surface area contributed by atoms with Crippen molar-refractivity contribution >= 4 is 17.2 Å². The monoisotopic (exact) mass is 374 g/mol. The van der Waals surface area contributed by atoms with Gasteiger partial charge in [-0.2, -0.15) is 0 Å². The number of nitrogens with one attached hydrogen (secondary N) is 1. The zero-order valence-corrected chi connectivity index (χ0v) is 15.9. The Bertz CT molecular complexity index is 712. The Labute approximate surface area is 158 Å². The Kier molecular flexibility index (Phi) is 6.66. The van der Waals surface area contributed by atoms with Crippen LogP contribution in [0.1, 0.15) is 25.3 Å². The molecule has 0 bridgehead atoms. The molecule has 2 N–H and O–H groups in total. The minimum Gasteiger partial charge on any atom is -0.483 e. The molecule has 1 atom stereocenters. The van der Waals surface area contributed by atoms with Crippen LogP contribution in [-0.4, -0.2) is 48.3 Å². The summed E-state index contributed by atoms with van der Waals surface area (Å²) in [4.78, 5) is 15.6. The van der Waals surface area contributed by atoms with Gasteiger partial charge >= 0.3 is 0 Å². The summed E-state index contributed by atoms with van der Waals surface area (Å²) in [5.74, 6) is 0.532. The van der Waals surface area contributed by atoms with E-state index >= 15 is 0 Å². The molecule has 1 aromatic heterocycles. The van der Waals surface area contributed by atoms with Crippen LogP contribution in [0.15, 0.2) is 35.7 Å². The first-order valence-electron chi connectivity index (χ1n) is 9.08. The molecule has 1 aliphatic rings. The van der Waals surface area contributed by atoms with E-state index < -0.39 is 0 Å². The number of hydrogen-bond acceptors (Lipinski definition) is 5. The summed E-state index contributed by atoms with van der Waals surface area (Å²) in [7, 11) is 0. The van der Waals surface area contributed by atoms with Crippen molar-refractivity contribution in [1.82, 2.24) is 10.2 Å². The quantitative estimate of drug-likeness (QED) is 0.746. The van der Waals surface area contributed by atoms with Crippen molar-refractivity contribution in [2.75, 3.05) is 26.3 Å². The first-order valence-corrected chi connectivity index (χ1v) is 9.96. The third kappa shape index (κ3) is 5.06. The largest absolute Gasteiger partial charge is 0.483 e. The number of rotatable bonds is 8. The average molecular weight is 375 g/mol. The van der Waals surface area contributed by atoms with Crippen LogP contribution in [0.25, 0.3) is 10.4 Å². The lowest BCUT2D eigenvalue weighted by atomic mass is 10.1. The molecule has 1 unspecified atom stereocenters. The molecule has 3 rings (SSSR count). The third-order valence-electron chi connectivity index (χ3n) is 4.50. The lowest BCUT2D eigenvalue weighted by Crippen LogP contribution is -2.38. The van der Waals surface area contributed by atoms with Crippen LogP contribution in [0.2, 0.25) is 0 Å². The Balaban J connectivity index is 1.73. The van der Waals surface area contributed by atoms with Gasteiger partial charge in [-0.1, -0.05) is 6.07 Å². The van der Waals surface area contributed by atoms with E-state index in [1.165, 1.54) is 23.3 Å². The van der Waals surface area contributed by atoms with Crippen LogP contribution >= 0.6 is 11.3 Å². The molecular formula is C20H26N2O3S. The number of aliphatic hydroxyl groups excluding tert-OH is 1. The van der Waals surface area contributed by atoms with E-state index in [0.717, 1.165) is 30.9 Å². The SMILES string of the molecule is CC(CO)NC(=O)COc1ccc(-c2cccs2)cc1CN1CCCC1. The van der Waals surface area contributed by atoms with Crippen LogP contribution in [0.3, 0.4) is 0 Å². The molecule has 26 heavy (non-hydrogen) atoms. The molecule has 1 saturated heterocycles. The number of likely N-dealkylation sites (tertiary alicyclic amines) is 1. The van der Waals surface area contributed by atoms with Gasteiger partial charge in [0.05, 0.1) is 6.61 Å². The maximum Gasteiger partial charge on any atom is 0.258 e. The molecule has 140 valence electrons. The predicted molar refractivity (Wildman–Crippen MR) is 104 cm³/mol. The van der Waals surface area contributed by atoms with Crippen molar-refractivity contribution in [1.29, 1.82) is 0 Å². The van der Waals surface area contributed by atoms with Crippen LogP contribution in [-0.2, 0) is 11.3 Å². The van der Waals surface area contributed by atoms with E-state index in [1.807, 2.05) is 12.1 Å². The zero-order valence-electron chi connectivity index (χ0n) is 15.1. The second kappa shape index (κ2) is 9.16. The number of thiophene rings is 1. The fourth-order valence-corrected chi connectivity index (χ4v) is 3.85.